The van der Waals surface area contributed by atoms with Crippen LogP contribution in [0.3, 0.4) is 0 Å². The first-order valence-electron chi connectivity index (χ1n) is 10.8. The van der Waals surface area contributed by atoms with Gasteiger partial charge in [-0.05, 0) is 29.3 Å². The van der Waals surface area contributed by atoms with Gasteiger partial charge in [0.05, 0.1) is 0 Å². The molecule has 0 aliphatic carbocycles. The SMILES string of the molecule is O=C1c2c(O)c(=O)ccn2N2CN1C/C=C\COc1c(ccc(F)c1F)[C@H]2c1ccccc1CF. The van der Waals surface area contributed by atoms with E-state index in [2.05, 4.69) is 0 Å². The van der Waals surface area contributed by atoms with Gasteiger partial charge in [0.2, 0.25) is 11.2 Å². The first-order chi connectivity index (χ1) is 16.9. The molecule has 2 aliphatic heterocycles. The standard InChI is InChI=1S/C25H20F3N3O4/c26-13-15-5-1-2-6-16(15)21-17-7-8-18(27)20(28)24(17)35-12-4-3-10-29-14-31(21)30-11-9-19(32)23(33)22(30)25(29)34/h1-9,11,21,33H,10,12-14H2/b4-3-/t21-/m1/s1. The maximum Gasteiger partial charge on any atom is 0.278 e. The quantitative estimate of drug-likeness (QED) is 0.566. The normalized spacial score (nSPS) is 18.3. The molecule has 10 heteroatoms. The number of amides is 1. The first kappa shape index (κ1) is 22.6. The Kier molecular flexibility index (Phi) is 5.72. The van der Waals surface area contributed by atoms with Gasteiger partial charge in [-0.2, -0.15) is 4.39 Å². The Morgan fingerprint density at radius 3 is 2.63 bits per heavy atom. The summed E-state index contributed by atoms with van der Waals surface area (Å²) in [6.45, 7) is -0.927. The van der Waals surface area contributed by atoms with Crippen molar-refractivity contribution in [1.29, 1.82) is 0 Å². The minimum absolute atomic E-state index is 0.0673. The Labute approximate surface area is 197 Å². The zero-order valence-corrected chi connectivity index (χ0v) is 18.3. The van der Waals surface area contributed by atoms with Crippen molar-refractivity contribution < 1.29 is 27.8 Å². The first-order valence-corrected chi connectivity index (χ1v) is 10.8. The van der Waals surface area contributed by atoms with Gasteiger partial charge in [0.15, 0.2) is 23.0 Å². The van der Waals surface area contributed by atoms with Crippen molar-refractivity contribution in [2.24, 2.45) is 0 Å². The molecule has 7 nitrogen and oxygen atoms in total. The van der Waals surface area contributed by atoms with E-state index < -0.39 is 41.4 Å². The van der Waals surface area contributed by atoms with Crippen LogP contribution in [0.4, 0.5) is 13.2 Å². The second-order valence-electron chi connectivity index (χ2n) is 8.13. The summed E-state index contributed by atoms with van der Waals surface area (Å²) < 4.78 is 50.3. The Morgan fingerprint density at radius 1 is 1.03 bits per heavy atom. The summed E-state index contributed by atoms with van der Waals surface area (Å²) in [5.74, 6) is -4.01. The monoisotopic (exact) mass is 483 g/mol. The lowest BCUT2D eigenvalue weighted by atomic mass is 9.93. The van der Waals surface area contributed by atoms with E-state index in [4.69, 9.17) is 4.74 Å². The second-order valence-corrected chi connectivity index (χ2v) is 8.13. The Morgan fingerprint density at radius 2 is 1.83 bits per heavy atom. The molecule has 0 fully saturated rings. The van der Waals surface area contributed by atoms with Crippen LogP contribution in [0.25, 0.3) is 0 Å². The number of alkyl halides is 1. The van der Waals surface area contributed by atoms with Crippen molar-refractivity contribution in [2.75, 3.05) is 24.8 Å². The molecule has 1 aromatic heterocycles. The summed E-state index contributed by atoms with van der Waals surface area (Å²) in [4.78, 5) is 26.8. The van der Waals surface area contributed by atoms with Crippen LogP contribution in [0.5, 0.6) is 11.5 Å². The van der Waals surface area contributed by atoms with Crippen LogP contribution in [-0.4, -0.2) is 40.4 Å². The van der Waals surface area contributed by atoms with Crippen LogP contribution in [0.1, 0.15) is 33.2 Å². The van der Waals surface area contributed by atoms with Crippen LogP contribution in [0.2, 0.25) is 0 Å². The van der Waals surface area contributed by atoms with E-state index in [0.29, 0.717) is 5.56 Å². The third kappa shape index (κ3) is 3.71. The van der Waals surface area contributed by atoms with Crippen molar-refractivity contribution in [1.82, 2.24) is 9.58 Å². The number of fused-ring (bicyclic) bond motifs is 5. The highest BCUT2D eigenvalue weighted by Gasteiger charge is 2.38. The third-order valence-electron chi connectivity index (χ3n) is 6.12. The fourth-order valence-electron chi connectivity index (χ4n) is 4.46. The zero-order valence-electron chi connectivity index (χ0n) is 18.3. The summed E-state index contributed by atoms with van der Waals surface area (Å²) in [5.41, 5.74) is -0.153. The van der Waals surface area contributed by atoms with Crippen LogP contribution in [-0.2, 0) is 6.67 Å². The van der Waals surface area contributed by atoms with Gasteiger partial charge in [0.25, 0.3) is 5.91 Å². The lowest BCUT2D eigenvalue weighted by Crippen LogP contribution is -2.55. The maximum absolute atomic E-state index is 15.0. The molecule has 3 aromatic rings. The molecule has 2 aromatic carbocycles. The highest BCUT2D eigenvalue weighted by atomic mass is 19.2. The van der Waals surface area contributed by atoms with Gasteiger partial charge in [-0.1, -0.05) is 30.3 Å². The molecule has 5 rings (SSSR count). The van der Waals surface area contributed by atoms with Crippen LogP contribution in [0, 0.1) is 11.6 Å². The molecular weight excluding hydrogens is 463 g/mol. The predicted octanol–water partition coefficient (Wildman–Crippen LogP) is 3.39. The fraction of sp³-hybridized carbons (Fsp3) is 0.200. The largest absolute Gasteiger partial charge is 0.502 e. The maximum atomic E-state index is 15.0. The summed E-state index contributed by atoms with van der Waals surface area (Å²) in [6, 6.07) is 8.95. The Bertz CT molecular complexity index is 1410. The lowest BCUT2D eigenvalue weighted by molar-refractivity contribution is 0.0701. The molecular formula is C25H20F3N3O4. The van der Waals surface area contributed by atoms with E-state index in [1.165, 1.54) is 21.8 Å². The molecule has 1 amide bonds. The summed E-state index contributed by atoms with van der Waals surface area (Å²) in [7, 11) is 0. The number of aromatic hydroxyl groups is 1. The molecule has 1 N–H and O–H groups in total. The number of nitrogens with zero attached hydrogens (tertiary/aromatic N) is 3. The third-order valence-corrected chi connectivity index (χ3v) is 6.12. The number of carbonyl (C=O) groups excluding carboxylic acids is 1. The number of ether oxygens (including phenoxy) is 1. The number of carbonyl (C=O) groups is 1. The second kappa shape index (κ2) is 8.86. The molecule has 2 bridgehead atoms. The van der Waals surface area contributed by atoms with E-state index in [1.807, 2.05) is 0 Å². The van der Waals surface area contributed by atoms with E-state index in [0.717, 1.165) is 12.1 Å². The molecule has 180 valence electrons. The van der Waals surface area contributed by atoms with Crippen molar-refractivity contribution in [2.45, 2.75) is 12.7 Å². The predicted molar refractivity (Wildman–Crippen MR) is 121 cm³/mol. The number of rotatable bonds is 2. The van der Waals surface area contributed by atoms with Crippen LogP contribution in [0.15, 0.2) is 65.6 Å². The average molecular weight is 483 g/mol. The van der Waals surface area contributed by atoms with E-state index in [-0.39, 0.29) is 42.4 Å². The number of halogens is 3. The smallest absolute Gasteiger partial charge is 0.278 e. The lowest BCUT2D eigenvalue weighted by Gasteiger charge is -2.44. The van der Waals surface area contributed by atoms with Crippen molar-refractivity contribution in [3.63, 3.8) is 0 Å². The summed E-state index contributed by atoms with van der Waals surface area (Å²) in [5, 5.41) is 12.1. The minimum Gasteiger partial charge on any atom is -0.502 e. The van der Waals surface area contributed by atoms with Crippen LogP contribution < -0.4 is 15.2 Å². The van der Waals surface area contributed by atoms with Gasteiger partial charge in [-0.25, -0.2) is 8.78 Å². The van der Waals surface area contributed by atoms with E-state index >= 15 is 4.39 Å². The molecule has 0 radical (unpaired) electrons. The number of aromatic nitrogens is 1. The number of pyridine rings is 1. The highest BCUT2D eigenvalue weighted by molar-refractivity contribution is 5.96. The summed E-state index contributed by atoms with van der Waals surface area (Å²) in [6.07, 6.45) is 4.47. The molecule has 2 aliphatic rings. The molecule has 0 saturated carbocycles. The Hall–Kier alpha value is -4.21. The average Bonchev–Trinajstić information content (AvgIpc) is 2.89. The van der Waals surface area contributed by atoms with Gasteiger partial charge in [0, 0.05) is 24.4 Å². The fourth-order valence-corrected chi connectivity index (χ4v) is 4.46. The molecule has 1 atom stereocenters. The van der Waals surface area contributed by atoms with Gasteiger partial charge >= 0.3 is 0 Å². The zero-order chi connectivity index (χ0) is 24.7. The van der Waals surface area contributed by atoms with E-state index in [1.54, 1.807) is 41.4 Å². The molecule has 35 heavy (non-hydrogen) atoms. The highest BCUT2D eigenvalue weighted by Crippen LogP contribution is 2.40. The van der Waals surface area contributed by atoms with Crippen molar-refractivity contribution in [3.05, 3.63) is 105 Å². The van der Waals surface area contributed by atoms with Crippen molar-refractivity contribution >= 4 is 5.91 Å². The molecule has 3 heterocycles. The number of hydrogen-bond donors (Lipinski definition) is 1. The number of benzene rings is 2. The van der Waals surface area contributed by atoms with Crippen LogP contribution >= 0.6 is 0 Å². The Balaban J connectivity index is 1.86. The number of hydrogen-bond acceptors (Lipinski definition) is 5. The van der Waals surface area contributed by atoms with Gasteiger partial charge in [0.1, 0.15) is 26.0 Å². The van der Waals surface area contributed by atoms with Gasteiger partial charge in [-0.3, -0.25) is 19.3 Å². The van der Waals surface area contributed by atoms with Gasteiger partial charge < -0.3 is 14.7 Å². The molecule has 0 unspecified atom stereocenters. The molecule has 0 saturated heterocycles. The van der Waals surface area contributed by atoms with Crippen molar-refractivity contribution in [3.8, 4) is 11.5 Å². The van der Waals surface area contributed by atoms with E-state index in [9.17, 15) is 23.5 Å². The molecule has 0 spiro atoms. The van der Waals surface area contributed by atoms with Gasteiger partial charge in [-0.15, -0.1) is 0 Å². The summed E-state index contributed by atoms with van der Waals surface area (Å²) >= 11 is 0. The minimum atomic E-state index is -1.20. The topological polar surface area (TPSA) is 75.0 Å².